The first-order valence-corrected chi connectivity index (χ1v) is 11.4. The summed E-state index contributed by atoms with van der Waals surface area (Å²) >= 11 is 0. The van der Waals surface area contributed by atoms with Crippen molar-refractivity contribution < 1.29 is 13.9 Å². The molecule has 0 radical (unpaired) electrons. The van der Waals surface area contributed by atoms with Crippen LogP contribution in [0.15, 0.2) is 18.2 Å². The van der Waals surface area contributed by atoms with Crippen LogP contribution >= 0.6 is 0 Å². The fraction of sp³-hybridized carbons (Fsp3) is 0.760. The number of hydrogen-bond acceptors (Lipinski definition) is 1. The summed E-state index contributed by atoms with van der Waals surface area (Å²) in [6.07, 6.45) is 10.8. The molecule has 0 aromatic heterocycles. The van der Waals surface area contributed by atoms with Gasteiger partial charge in [-0.3, -0.25) is 0 Å². The van der Waals surface area contributed by atoms with Gasteiger partial charge < -0.3 is 5.11 Å². The van der Waals surface area contributed by atoms with Gasteiger partial charge in [-0.2, -0.15) is 0 Å². The lowest BCUT2D eigenvalue weighted by molar-refractivity contribution is -0.102. The molecule has 1 atom stereocenters. The van der Waals surface area contributed by atoms with Crippen molar-refractivity contribution in [2.24, 2.45) is 17.8 Å². The van der Waals surface area contributed by atoms with Crippen LogP contribution in [0.5, 0.6) is 0 Å². The standard InChI is InChI=1S/C25H42F2O/c1-6-7-8-9-10-11-14-22(25(28,19(2)3)20(4)5)15-12-13-21-16-17-23(26)18-24(21)27/h16-20,22,28H,6-15H2,1-5H3. The van der Waals surface area contributed by atoms with E-state index in [4.69, 9.17) is 0 Å². The van der Waals surface area contributed by atoms with Crippen molar-refractivity contribution in [1.82, 2.24) is 0 Å². The molecular weight excluding hydrogens is 354 g/mol. The van der Waals surface area contributed by atoms with E-state index in [2.05, 4.69) is 34.6 Å². The average molecular weight is 397 g/mol. The highest BCUT2D eigenvalue weighted by molar-refractivity contribution is 5.18. The second-order valence-electron chi connectivity index (χ2n) is 9.08. The van der Waals surface area contributed by atoms with Crippen LogP contribution < -0.4 is 0 Å². The number of unbranched alkanes of at least 4 members (excludes halogenated alkanes) is 5. The fourth-order valence-electron chi connectivity index (χ4n) is 4.65. The molecule has 0 bridgehead atoms. The Balaban J connectivity index is 2.71. The normalized spacial score (nSPS) is 13.5. The summed E-state index contributed by atoms with van der Waals surface area (Å²) in [7, 11) is 0. The molecule has 0 saturated carbocycles. The molecule has 0 amide bonds. The molecule has 0 heterocycles. The summed E-state index contributed by atoms with van der Waals surface area (Å²) in [6.45, 7) is 10.6. The SMILES string of the molecule is CCCCCCCCC(CCCc1ccc(F)cc1F)C(O)(C(C)C)C(C)C. The van der Waals surface area contributed by atoms with Gasteiger partial charge in [0.15, 0.2) is 0 Å². The number of aliphatic hydroxyl groups is 1. The van der Waals surface area contributed by atoms with E-state index in [1.807, 2.05) is 0 Å². The van der Waals surface area contributed by atoms with Crippen molar-refractivity contribution >= 4 is 0 Å². The molecule has 1 rings (SSSR count). The lowest BCUT2D eigenvalue weighted by Gasteiger charge is -2.43. The highest BCUT2D eigenvalue weighted by atomic mass is 19.1. The van der Waals surface area contributed by atoms with Crippen molar-refractivity contribution in [1.29, 1.82) is 0 Å². The largest absolute Gasteiger partial charge is 0.389 e. The predicted molar refractivity (Wildman–Crippen MR) is 115 cm³/mol. The Hall–Kier alpha value is -0.960. The Bertz CT molecular complexity index is 545. The lowest BCUT2D eigenvalue weighted by Crippen LogP contribution is -2.48. The van der Waals surface area contributed by atoms with Gasteiger partial charge in [-0.1, -0.05) is 79.2 Å². The molecule has 0 aliphatic rings. The van der Waals surface area contributed by atoms with Gasteiger partial charge in [-0.25, -0.2) is 8.78 Å². The summed E-state index contributed by atoms with van der Waals surface area (Å²) < 4.78 is 27.0. The van der Waals surface area contributed by atoms with E-state index in [0.717, 1.165) is 31.7 Å². The Morgan fingerprint density at radius 1 is 0.857 bits per heavy atom. The van der Waals surface area contributed by atoms with Gasteiger partial charge in [0, 0.05) is 6.07 Å². The maximum absolute atomic E-state index is 13.9. The second kappa shape index (κ2) is 12.6. The predicted octanol–water partition coefficient (Wildman–Crippen LogP) is 7.70. The van der Waals surface area contributed by atoms with Crippen LogP contribution in [-0.4, -0.2) is 10.7 Å². The molecule has 1 nitrogen and oxygen atoms in total. The smallest absolute Gasteiger partial charge is 0.129 e. The molecule has 0 spiro atoms. The highest BCUT2D eigenvalue weighted by Crippen LogP contribution is 2.39. The number of rotatable bonds is 14. The zero-order valence-corrected chi connectivity index (χ0v) is 18.7. The quantitative estimate of drug-likeness (QED) is 0.319. The van der Waals surface area contributed by atoms with Crippen LogP contribution in [0.3, 0.4) is 0 Å². The van der Waals surface area contributed by atoms with Gasteiger partial charge in [-0.15, -0.1) is 0 Å². The number of benzene rings is 1. The Morgan fingerprint density at radius 3 is 2.00 bits per heavy atom. The van der Waals surface area contributed by atoms with Gasteiger partial charge >= 0.3 is 0 Å². The average Bonchev–Trinajstić information content (AvgIpc) is 2.63. The summed E-state index contributed by atoms with van der Waals surface area (Å²) in [5.41, 5.74) is -0.137. The van der Waals surface area contributed by atoms with E-state index >= 15 is 0 Å². The maximum atomic E-state index is 13.9. The van der Waals surface area contributed by atoms with Crippen molar-refractivity contribution in [2.45, 2.75) is 104 Å². The van der Waals surface area contributed by atoms with Crippen LogP contribution in [0.1, 0.15) is 98.0 Å². The van der Waals surface area contributed by atoms with Crippen molar-refractivity contribution in [3.05, 3.63) is 35.4 Å². The second-order valence-corrected chi connectivity index (χ2v) is 9.08. The van der Waals surface area contributed by atoms with Crippen LogP contribution in [0.25, 0.3) is 0 Å². The lowest BCUT2D eigenvalue weighted by atomic mass is 9.68. The van der Waals surface area contributed by atoms with Gasteiger partial charge in [0.25, 0.3) is 0 Å². The van der Waals surface area contributed by atoms with Gasteiger partial charge in [0.05, 0.1) is 5.60 Å². The molecule has 1 N–H and O–H groups in total. The molecule has 1 aromatic carbocycles. The minimum absolute atomic E-state index is 0.181. The first kappa shape index (κ1) is 25.1. The zero-order valence-electron chi connectivity index (χ0n) is 18.7. The van der Waals surface area contributed by atoms with Crippen LogP contribution in [0.2, 0.25) is 0 Å². The first-order valence-electron chi connectivity index (χ1n) is 11.4. The minimum Gasteiger partial charge on any atom is -0.389 e. The van der Waals surface area contributed by atoms with Crippen molar-refractivity contribution in [3.63, 3.8) is 0 Å². The fourth-order valence-corrected chi connectivity index (χ4v) is 4.65. The Morgan fingerprint density at radius 2 is 1.43 bits per heavy atom. The molecule has 0 aliphatic heterocycles. The van der Waals surface area contributed by atoms with E-state index < -0.39 is 17.2 Å². The molecule has 28 heavy (non-hydrogen) atoms. The summed E-state index contributed by atoms with van der Waals surface area (Å²) in [4.78, 5) is 0. The molecule has 0 fully saturated rings. The topological polar surface area (TPSA) is 20.2 Å². The highest BCUT2D eigenvalue weighted by Gasteiger charge is 2.41. The summed E-state index contributed by atoms with van der Waals surface area (Å²) in [5, 5.41) is 11.5. The maximum Gasteiger partial charge on any atom is 0.129 e. The number of halogens is 2. The molecule has 1 unspecified atom stereocenters. The minimum atomic E-state index is -0.704. The third kappa shape index (κ3) is 7.46. The van der Waals surface area contributed by atoms with Crippen LogP contribution in [0.4, 0.5) is 8.78 Å². The number of hydrogen-bond donors (Lipinski definition) is 1. The van der Waals surface area contributed by atoms with Gasteiger partial charge in [0.2, 0.25) is 0 Å². The zero-order chi connectivity index (χ0) is 21.2. The molecular formula is C25H42F2O. The molecule has 162 valence electrons. The Kier molecular flexibility index (Phi) is 11.3. The molecule has 1 aromatic rings. The summed E-state index contributed by atoms with van der Waals surface area (Å²) in [5.74, 6) is -0.422. The molecule has 0 aliphatic carbocycles. The van der Waals surface area contributed by atoms with E-state index in [1.54, 1.807) is 6.07 Å². The first-order chi connectivity index (χ1) is 13.2. The van der Waals surface area contributed by atoms with E-state index in [9.17, 15) is 13.9 Å². The van der Waals surface area contributed by atoms with E-state index in [1.165, 1.54) is 38.2 Å². The summed E-state index contributed by atoms with van der Waals surface area (Å²) in [6, 6.07) is 3.83. The van der Waals surface area contributed by atoms with Crippen LogP contribution in [0, 0.1) is 29.4 Å². The molecule has 0 saturated heterocycles. The monoisotopic (exact) mass is 396 g/mol. The van der Waals surface area contributed by atoms with Crippen LogP contribution in [-0.2, 0) is 6.42 Å². The van der Waals surface area contributed by atoms with Gasteiger partial charge in [-0.05, 0) is 55.1 Å². The Labute approximate surface area is 171 Å². The van der Waals surface area contributed by atoms with E-state index in [-0.39, 0.29) is 17.8 Å². The number of aryl methyl sites for hydroxylation is 1. The molecule has 3 heteroatoms. The third-order valence-electron chi connectivity index (χ3n) is 6.42. The third-order valence-corrected chi connectivity index (χ3v) is 6.42. The van der Waals surface area contributed by atoms with Crippen molar-refractivity contribution in [2.75, 3.05) is 0 Å². The van der Waals surface area contributed by atoms with Crippen molar-refractivity contribution in [3.8, 4) is 0 Å². The van der Waals surface area contributed by atoms with E-state index in [0.29, 0.717) is 12.0 Å². The van der Waals surface area contributed by atoms with Gasteiger partial charge in [0.1, 0.15) is 11.6 Å².